The summed E-state index contributed by atoms with van der Waals surface area (Å²) in [4.78, 5) is 18.0. The number of hydrogen-bond donors (Lipinski definition) is 1. The highest BCUT2D eigenvalue weighted by Crippen LogP contribution is 2.39. The van der Waals surface area contributed by atoms with Gasteiger partial charge in [0.05, 0.1) is 27.7 Å². The summed E-state index contributed by atoms with van der Waals surface area (Å²) in [7, 11) is 0. The Morgan fingerprint density at radius 2 is 1.91 bits per heavy atom. The monoisotopic (exact) mass is 444 g/mol. The number of aromatic nitrogens is 3. The molecule has 0 saturated carbocycles. The Hall–Kier alpha value is -3.78. The SMILES string of the molecule is O=C1CC(c2ccco2)Cc2c1c(Nc1ccc(F)cc1)nn2-c1nc2ccccc2s1. The van der Waals surface area contributed by atoms with Gasteiger partial charge in [0.1, 0.15) is 11.6 Å². The van der Waals surface area contributed by atoms with Gasteiger partial charge in [0.25, 0.3) is 0 Å². The van der Waals surface area contributed by atoms with Crippen molar-refractivity contribution in [2.75, 3.05) is 5.32 Å². The fraction of sp³-hybridized carbons (Fsp3) is 0.125. The lowest BCUT2D eigenvalue weighted by Gasteiger charge is -2.20. The van der Waals surface area contributed by atoms with Crippen LogP contribution in [0.5, 0.6) is 0 Å². The number of Topliss-reactive ketones (excluding diaryl/α,β-unsaturated/α-hetero) is 1. The Balaban J connectivity index is 1.49. The number of furan rings is 1. The molecular weight excluding hydrogens is 427 g/mol. The van der Waals surface area contributed by atoms with Crippen LogP contribution in [0.3, 0.4) is 0 Å². The van der Waals surface area contributed by atoms with Crippen LogP contribution in [-0.2, 0) is 6.42 Å². The maximum absolute atomic E-state index is 13.3. The predicted octanol–water partition coefficient (Wildman–Crippen LogP) is 5.87. The van der Waals surface area contributed by atoms with Gasteiger partial charge in [-0.2, -0.15) is 0 Å². The molecule has 1 atom stereocenters. The van der Waals surface area contributed by atoms with Crippen molar-refractivity contribution in [2.24, 2.45) is 0 Å². The molecule has 6 rings (SSSR count). The average Bonchev–Trinajstić information content (AvgIpc) is 3.54. The van der Waals surface area contributed by atoms with Gasteiger partial charge in [-0.1, -0.05) is 23.5 Å². The third-order valence-corrected chi connectivity index (χ3v) is 6.66. The third kappa shape index (κ3) is 3.20. The second-order valence-electron chi connectivity index (χ2n) is 7.72. The van der Waals surface area contributed by atoms with Crippen LogP contribution < -0.4 is 5.32 Å². The van der Waals surface area contributed by atoms with E-state index in [1.54, 1.807) is 23.1 Å². The molecule has 32 heavy (non-hydrogen) atoms. The van der Waals surface area contributed by atoms with Gasteiger partial charge in [0, 0.05) is 24.4 Å². The highest BCUT2D eigenvalue weighted by atomic mass is 32.1. The minimum atomic E-state index is -0.324. The lowest BCUT2D eigenvalue weighted by molar-refractivity contribution is 0.0960. The summed E-state index contributed by atoms with van der Waals surface area (Å²) in [5.74, 6) is 0.843. The van der Waals surface area contributed by atoms with Gasteiger partial charge in [-0.25, -0.2) is 14.1 Å². The molecule has 0 amide bonds. The first-order valence-electron chi connectivity index (χ1n) is 10.2. The van der Waals surface area contributed by atoms with Gasteiger partial charge in [-0.05, 0) is 48.5 Å². The molecule has 158 valence electrons. The van der Waals surface area contributed by atoms with Crippen molar-refractivity contribution in [2.45, 2.75) is 18.8 Å². The fourth-order valence-electron chi connectivity index (χ4n) is 4.16. The first kappa shape index (κ1) is 18.9. The standard InChI is InChI=1S/C24H17FN4O2S/c25-15-7-9-16(10-8-15)26-23-22-18(12-14(13-19(22)30)20-5-3-11-31-20)29(28-23)24-27-17-4-1-2-6-21(17)32-24/h1-11,14H,12-13H2,(H,26,28). The zero-order chi connectivity index (χ0) is 21.7. The number of carbonyl (C=O) groups is 1. The molecule has 6 nitrogen and oxygen atoms in total. The number of carbonyl (C=O) groups excluding carboxylic acids is 1. The second-order valence-corrected chi connectivity index (χ2v) is 8.73. The Morgan fingerprint density at radius 1 is 1.06 bits per heavy atom. The van der Waals surface area contributed by atoms with Crippen LogP contribution in [0.4, 0.5) is 15.9 Å². The van der Waals surface area contributed by atoms with Crippen molar-refractivity contribution >= 4 is 38.8 Å². The molecule has 5 aromatic rings. The number of thiazole rings is 1. The number of hydrogen-bond acceptors (Lipinski definition) is 6. The summed E-state index contributed by atoms with van der Waals surface area (Å²) < 4.78 is 21.8. The molecule has 0 aliphatic heterocycles. The van der Waals surface area contributed by atoms with E-state index in [1.807, 2.05) is 36.4 Å². The van der Waals surface area contributed by atoms with E-state index < -0.39 is 0 Å². The van der Waals surface area contributed by atoms with Crippen molar-refractivity contribution in [1.29, 1.82) is 0 Å². The predicted molar refractivity (Wildman–Crippen MR) is 121 cm³/mol. The van der Waals surface area contributed by atoms with Crippen LogP contribution in [0.25, 0.3) is 15.3 Å². The lowest BCUT2D eigenvalue weighted by atomic mass is 9.85. The normalized spacial score (nSPS) is 15.8. The van der Waals surface area contributed by atoms with Gasteiger partial charge in [-0.15, -0.1) is 5.10 Å². The molecule has 1 unspecified atom stereocenters. The summed E-state index contributed by atoms with van der Waals surface area (Å²) in [5, 5.41) is 8.64. The quantitative estimate of drug-likeness (QED) is 0.375. The van der Waals surface area contributed by atoms with Crippen molar-refractivity contribution in [3.05, 3.63) is 89.8 Å². The second kappa shape index (κ2) is 7.42. The van der Waals surface area contributed by atoms with Gasteiger partial charge in [-0.3, -0.25) is 4.79 Å². The molecule has 2 aromatic carbocycles. The summed E-state index contributed by atoms with van der Waals surface area (Å²) in [6.45, 7) is 0. The summed E-state index contributed by atoms with van der Waals surface area (Å²) in [6.07, 6.45) is 2.56. The molecule has 8 heteroatoms. The number of fused-ring (bicyclic) bond motifs is 2. The maximum atomic E-state index is 13.3. The van der Waals surface area contributed by atoms with E-state index in [0.717, 1.165) is 21.7 Å². The van der Waals surface area contributed by atoms with E-state index in [-0.39, 0.29) is 17.5 Å². The van der Waals surface area contributed by atoms with Crippen molar-refractivity contribution < 1.29 is 13.6 Å². The molecule has 3 aromatic heterocycles. The number of anilines is 2. The van der Waals surface area contributed by atoms with E-state index in [9.17, 15) is 9.18 Å². The van der Waals surface area contributed by atoms with Crippen LogP contribution in [0, 0.1) is 5.82 Å². The number of nitrogens with one attached hydrogen (secondary N) is 1. The zero-order valence-electron chi connectivity index (χ0n) is 16.8. The Bertz CT molecular complexity index is 1400. The number of nitrogens with zero attached hydrogens (tertiary/aromatic N) is 3. The first-order valence-corrected chi connectivity index (χ1v) is 11.0. The molecule has 0 spiro atoms. The smallest absolute Gasteiger partial charge is 0.211 e. The van der Waals surface area contributed by atoms with E-state index in [2.05, 4.69) is 5.32 Å². The largest absolute Gasteiger partial charge is 0.469 e. The lowest BCUT2D eigenvalue weighted by Crippen LogP contribution is -2.20. The Morgan fingerprint density at radius 3 is 2.69 bits per heavy atom. The Kier molecular flexibility index (Phi) is 4.39. The minimum absolute atomic E-state index is 0.00961. The molecule has 1 aliphatic carbocycles. The van der Waals surface area contributed by atoms with Crippen LogP contribution in [0.2, 0.25) is 0 Å². The van der Waals surface area contributed by atoms with Crippen molar-refractivity contribution in [1.82, 2.24) is 14.8 Å². The van der Waals surface area contributed by atoms with Crippen LogP contribution in [-0.4, -0.2) is 20.5 Å². The van der Waals surface area contributed by atoms with Gasteiger partial charge in [0.2, 0.25) is 5.13 Å². The first-order chi connectivity index (χ1) is 15.7. The minimum Gasteiger partial charge on any atom is -0.469 e. The van der Waals surface area contributed by atoms with Crippen molar-refractivity contribution in [3.63, 3.8) is 0 Å². The van der Waals surface area contributed by atoms with E-state index in [0.29, 0.717) is 35.0 Å². The molecule has 0 fully saturated rings. The molecule has 1 aliphatic rings. The highest BCUT2D eigenvalue weighted by molar-refractivity contribution is 7.20. The number of rotatable bonds is 4. The average molecular weight is 444 g/mol. The number of para-hydroxylation sites is 1. The summed E-state index contributed by atoms with van der Waals surface area (Å²) in [5.41, 5.74) is 2.89. The van der Waals surface area contributed by atoms with Crippen LogP contribution in [0.15, 0.2) is 71.3 Å². The van der Waals surface area contributed by atoms with E-state index >= 15 is 0 Å². The van der Waals surface area contributed by atoms with Crippen molar-refractivity contribution in [3.8, 4) is 5.13 Å². The molecular formula is C24H17FN4O2S. The highest BCUT2D eigenvalue weighted by Gasteiger charge is 2.35. The van der Waals surface area contributed by atoms with E-state index in [4.69, 9.17) is 14.5 Å². The molecule has 3 heterocycles. The molecule has 0 bridgehead atoms. The zero-order valence-corrected chi connectivity index (χ0v) is 17.6. The molecule has 0 radical (unpaired) electrons. The Labute approximate surface area is 186 Å². The van der Waals surface area contributed by atoms with Crippen LogP contribution >= 0.6 is 11.3 Å². The molecule has 1 N–H and O–H groups in total. The third-order valence-electron chi connectivity index (χ3n) is 5.65. The van der Waals surface area contributed by atoms with E-state index in [1.165, 1.54) is 23.5 Å². The number of ketones is 1. The number of benzene rings is 2. The molecule has 0 saturated heterocycles. The van der Waals surface area contributed by atoms with Gasteiger partial charge < -0.3 is 9.73 Å². The number of halogens is 1. The summed E-state index contributed by atoms with van der Waals surface area (Å²) in [6, 6.07) is 17.6. The van der Waals surface area contributed by atoms with Gasteiger partial charge >= 0.3 is 0 Å². The fourth-order valence-corrected chi connectivity index (χ4v) is 5.10. The maximum Gasteiger partial charge on any atom is 0.211 e. The van der Waals surface area contributed by atoms with Gasteiger partial charge in [0.15, 0.2) is 11.6 Å². The van der Waals surface area contributed by atoms with Crippen LogP contribution in [0.1, 0.15) is 34.2 Å². The topological polar surface area (TPSA) is 73.0 Å². The summed E-state index contributed by atoms with van der Waals surface area (Å²) >= 11 is 1.52.